The fraction of sp³-hybridized carbons (Fsp3) is 0.900. The van der Waals surface area contributed by atoms with Gasteiger partial charge in [-0.1, -0.05) is 6.92 Å². The van der Waals surface area contributed by atoms with E-state index in [4.69, 9.17) is 0 Å². The third kappa shape index (κ3) is 2.21. The van der Waals surface area contributed by atoms with Gasteiger partial charge in [-0.15, -0.1) is 0 Å². The molecule has 76 valence electrons. The van der Waals surface area contributed by atoms with Crippen molar-refractivity contribution in [1.82, 2.24) is 4.90 Å². The molecule has 1 saturated heterocycles. The van der Waals surface area contributed by atoms with E-state index in [1.165, 1.54) is 0 Å². The SMILES string of the molecule is CCC(=O)N1CCC[C@H]1C(C)(C)O. The molecule has 1 rings (SSSR count). The molecule has 1 N–H and O–H groups in total. The van der Waals surface area contributed by atoms with Gasteiger partial charge in [0.15, 0.2) is 0 Å². The van der Waals surface area contributed by atoms with Gasteiger partial charge in [0.05, 0.1) is 11.6 Å². The summed E-state index contributed by atoms with van der Waals surface area (Å²) in [6, 6.07) is 0.0138. The van der Waals surface area contributed by atoms with Crippen LogP contribution in [0.4, 0.5) is 0 Å². The summed E-state index contributed by atoms with van der Waals surface area (Å²) in [7, 11) is 0. The molecule has 1 aliphatic heterocycles. The molecule has 1 atom stereocenters. The van der Waals surface area contributed by atoms with E-state index in [1.807, 2.05) is 11.8 Å². The topological polar surface area (TPSA) is 40.5 Å². The Morgan fingerprint density at radius 2 is 2.23 bits per heavy atom. The number of carbonyl (C=O) groups is 1. The number of hydrogen-bond acceptors (Lipinski definition) is 2. The lowest BCUT2D eigenvalue weighted by molar-refractivity contribution is -0.136. The van der Waals surface area contributed by atoms with Crippen molar-refractivity contribution in [3.63, 3.8) is 0 Å². The lowest BCUT2D eigenvalue weighted by Crippen LogP contribution is -2.47. The zero-order chi connectivity index (χ0) is 10.1. The molecule has 1 fully saturated rings. The molecule has 3 nitrogen and oxygen atoms in total. The summed E-state index contributed by atoms with van der Waals surface area (Å²) >= 11 is 0. The van der Waals surface area contributed by atoms with Crippen LogP contribution >= 0.6 is 0 Å². The van der Waals surface area contributed by atoms with E-state index >= 15 is 0 Å². The van der Waals surface area contributed by atoms with Crippen LogP contribution < -0.4 is 0 Å². The number of carbonyl (C=O) groups excluding carboxylic acids is 1. The van der Waals surface area contributed by atoms with E-state index in [0.717, 1.165) is 19.4 Å². The van der Waals surface area contributed by atoms with Crippen molar-refractivity contribution in [2.24, 2.45) is 0 Å². The summed E-state index contributed by atoms with van der Waals surface area (Å²) < 4.78 is 0. The predicted molar refractivity (Wildman–Crippen MR) is 51.3 cm³/mol. The first kappa shape index (κ1) is 10.5. The second-order valence-corrected chi connectivity index (χ2v) is 4.25. The number of nitrogens with zero attached hydrogens (tertiary/aromatic N) is 1. The minimum absolute atomic E-state index is 0.0138. The van der Waals surface area contributed by atoms with Crippen LogP contribution in [-0.4, -0.2) is 34.1 Å². The third-order valence-electron chi connectivity index (χ3n) is 2.69. The smallest absolute Gasteiger partial charge is 0.222 e. The highest BCUT2D eigenvalue weighted by Gasteiger charge is 2.37. The number of amides is 1. The Labute approximate surface area is 79.7 Å². The van der Waals surface area contributed by atoms with E-state index in [0.29, 0.717) is 6.42 Å². The molecular weight excluding hydrogens is 166 g/mol. The summed E-state index contributed by atoms with van der Waals surface area (Å²) in [4.78, 5) is 13.3. The van der Waals surface area contributed by atoms with Crippen LogP contribution in [-0.2, 0) is 4.79 Å². The third-order valence-corrected chi connectivity index (χ3v) is 2.69. The molecule has 0 aromatic carbocycles. The van der Waals surface area contributed by atoms with Gasteiger partial charge in [0.25, 0.3) is 0 Å². The molecule has 0 aromatic rings. The van der Waals surface area contributed by atoms with Crippen molar-refractivity contribution in [3.8, 4) is 0 Å². The first-order valence-corrected chi connectivity index (χ1v) is 4.98. The highest BCUT2D eigenvalue weighted by atomic mass is 16.3. The van der Waals surface area contributed by atoms with Crippen LogP contribution in [0.15, 0.2) is 0 Å². The van der Waals surface area contributed by atoms with Gasteiger partial charge in [0, 0.05) is 13.0 Å². The van der Waals surface area contributed by atoms with Gasteiger partial charge in [0.2, 0.25) is 5.91 Å². The molecule has 1 aliphatic rings. The van der Waals surface area contributed by atoms with Crippen LogP contribution in [0.3, 0.4) is 0 Å². The van der Waals surface area contributed by atoms with Crippen molar-refractivity contribution in [2.75, 3.05) is 6.54 Å². The quantitative estimate of drug-likeness (QED) is 0.701. The van der Waals surface area contributed by atoms with Gasteiger partial charge in [-0.3, -0.25) is 4.79 Å². The molecule has 0 radical (unpaired) electrons. The number of likely N-dealkylation sites (tertiary alicyclic amines) is 1. The maximum atomic E-state index is 11.5. The predicted octanol–water partition coefficient (Wildman–Crippen LogP) is 1.16. The number of aliphatic hydroxyl groups is 1. The van der Waals surface area contributed by atoms with Crippen LogP contribution in [0.5, 0.6) is 0 Å². The van der Waals surface area contributed by atoms with Crippen molar-refractivity contribution in [2.45, 2.75) is 51.7 Å². The molecule has 0 unspecified atom stereocenters. The van der Waals surface area contributed by atoms with Gasteiger partial charge >= 0.3 is 0 Å². The van der Waals surface area contributed by atoms with E-state index in [2.05, 4.69) is 0 Å². The monoisotopic (exact) mass is 185 g/mol. The fourth-order valence-electron chi connectivity index (χ4n) is 2.00. The zero-order valence-corrected chi connectivity index (χ0v) is 8.71. The molecule has 0 aromatic heterocycles. The van der Waals surface area contributed by atoms with Crippen LogP contribution in [0, 0.1) is 0 Å². The summed E-state index contributed by atoms with van der Waals surface area (Å²) in [5.74, 6) is 0.157. The van der Waals surface area contributed by atoms with Gasteiger partial charge in [-0.25, -0.2) is 0 Å². The molecule has 0 spiro atoms. The Hall–Kier alpha value is -0.570. The molecule has 0 saturated carbocycles. The van der Waals surface area contributed by atoms with E-state index < -0.39 is 5.60 Å². The maximum absolute atomic E-state index is 11.5. The minimum Gasteiger partial charge on any atom is -0.388 e. The molecule has 1 heterocycles. The van der Waals surface area contributed by atoms with Gasteiger partial charge in [0.1, 0.15) is 0 Å². The number of hydrogen-bond donors (Lipinski definition) is 1. The van der Waals surface area contributed by atoms with Crippen molar-refractivity contribution in [1.29, 1.82) is 0 Å². The summed E-state index contributed by atoms with van der Waals surface area (Å²) in [5.41, 5.74) is -0.763. The fourth-order valence-corrected chi connectivity index (χ4v) is 2.00. The van der Waals surface area contributed by atoms with Gasteiger partial charge < -0.3 is 10.0 Å². The first-order valence-electron chi connectivity index (χ1n) is 4.98. The van der Waals surface area contributed by atoms with Crippen LogP contribution in [0.2, 0.25) is 0 Å². The van der Waals surface area contributed by atoms with E-state index in [9.17, 15) is 9.90 Å². The normalized spacial score (nSPS) is 23.7. The van der Waals surface area contributed by atoms with Crippen molar-refractivity contribution >= 4 is 5.91 Å². The minimum atomic E-state index is -0.763. The first-order chi connectivity index (χ1) is 5.96. The number of rotatable bonds is 2. The van der Waals surface area contributed by atoms with Crippen molar-refractivity contribution in [3.05, 3.63) is 0 Å². The molecule has 0 aliphatic carbocycles. The lowest BCUT2D eigenvalue weighted by Gasteiger charge is -2.33. The summed E-state index contributed by atoms with van der Waals surface area (Å²) in [6.07, 6.45) is 2.47. The zero-order valence-electron chi connectivity index (χ0n) is 8.71. The average Bonchev–Trinajstić information content (AvgIpc) is 2.49. The summed E-state index contributed by atoms with van der Waals surface area (Å²) in [5, 5.41) is 9.84. The Bertz CT molecular complexity index is 196. The lowest BCUT2D eigenvalue weighted by atomic mass is 9.96. The largest absolute Gasteiger partial charge is 0.388 e. The van der Waals surface area contributed by atoms with Gasteiger partial charge in [-0.05, 0) is 26.7 Å². The second-order valence-electron chi connectivity index (χ2n) is 4.25. The standard InChI is InChI=1S/C10H19NO2/c1-4-9(12)11-7-5-6-8(11)10(2,3)13/h8,13H,4-7H2,1-3H3/t8-/m0/s1. The van der Waals surface area contributed by atoms with Crippen LogP contribution in [0.1, 0.15) is 40.0 Å². The molecular formula is C10H19NO2. The highest BCUT2D eigenvalue weighted by molar-refractivity contribution is 5.76. The molecule has 13 heavy (non-hydrogen) atoms. The van der Waals surface area contributed by atoms with E-state index in [-0.39, 0.29) is 11.9 Å². The Balaban J connectivity index is 2.70. The van der Waals surface area contributed by atoms with E-state index in [1.54, 1.807) is 13.8 Å². The van der Waals surface area contributed by atoms with Crippen LogP contribution in [0.25, 0.3) is 0 Å². The second kappa shape index (κ2) is 3.66. The van der Waals surface area contributed by atoms with Crippen molar-refractivity contribution < 1.29 is 9.90 Å². The molecule has 3 heteroatoms. The summed E-state index contributed by atoms with van der Waals surface area (Å²) in [6.45, 7) is 6.22. The Kier molecular flexibility index (Phi) is 2.96. The highest BCUT2D eigenvalue weighted by Crippen LogP contribution is 2.26. The average molecular weight is 185 g/mol. The Morgan fingerprint density at radius 1 is 1.62 bits per heavy atom. The Morgan fingerprint density at radius 3 is 2.69 bits per heavy atom. The van der Waals surface area contributed by atoms with Gasteiger partial charge in [-0.2, -0.15) is 0 Å². The molecule has 1 amide bonds. The maximum Gasteiger partial charge on any atom is 0.222 e. The molecule has 0 bridgehead atoms.